The van der Waals surface area contributed by atoms with Crippen LogP contribution >= 0.6 is 0 Å². The summed E-state index contributed by atoms with van der Waals surface area (Å²) in [6.45, 7) is 12.7. The summed E-state index contributed by atoms with van der Waals surface area (Å²) in [5, 5.41) is 8.62. The molecule has 0 aliphatic carbocycles. The highest BCUT2D eigenvalue weighted by Gasteiger charge is 2.24. The van der Waals surface area contributed by atoms with E-state index in [0.717, 1.165) is 5.56 Å². The zero-order valence-electron chi connectivity index (χ0n) is 15.0. The highest BCUT2D eigenvalue weighted by molar-refractivity contribution is 5.74. The smallest absolute Gasteiger partial charge is 0.311 e. The van der Waals surface area contributed by atoms with Crippen molar-refractivity contribution in [1.29, 1.82) is 0 Å². The molecule has 0 spiro atoms. The first-order chi connectivity index (χ1) is 10.4. The predicted molar refractivity (Wildman–Crippen MR) is 91.0 cm³/mol. The topological polar surface area (TPSA) is 63.6 Å². The molecule has 4 nitrogen and oxygen atoms in total. The lowest BCUT2D eigenvalue weighted by Gasteiger charge is -2.26. The molecule has 0 amide bonds. The molecule has 0 saturated carbocycles. The van der Waals surface area contributed by atoms with Crippen LogP contribution in [0.5, 0.6) is 5.75 Å². The maximum Gasteiger partial charge on any atom is 0.311 e. The maximum atomic E-state index is 11.9. The van der Waals surface area contributed by atoms with Gasteiger partial charge in [-0.2, -0.15) is 0 Å². The van der Waals surface area contributed by atoms with Gasteiger partial charge in [0.15, 0.2) is 0 Å². The van der Waals surface area contributed by atoms with Crippen molar-refractivity contribution >= 4 is 11.9 Å². The lowest BCUT2D eigenvalue weighted by Crippen LogP contribution is -2.19. The standard InChI is InChI=1S/C19H28O4/c1-18(2,3)13-10-11-15(14(12-13)19(4,5)6)23-17(22)9-7-8-16(20)21/h10-12H,7-9H2,1-6H3,(H,20,21). The van der Waals surface area contributed by atoms with Crippen LogP contribution in [0.1, 0.15) is 71.9 Å². The summed E-state index contributed by atoms with van der Waals surface area (Å²) in [5.41, 5.74) is 2.03. The molecule has 0 heterocycles. The Labute approximate surface area is 138 Å². The number of carboxylic acids is 1. The van der Waals surface area contributed by atoms with E-state index >= 15 is 0 Å². The second kappa shape index (κ2) is 7.16. The molecule has 0 aliphatic heterocycles. The molecule has 0 unspecified atom stereocenters. The fraction of sp³-hybridized carbons (Fsp3) is 0.579. The number of aliphatic carboxylic acids is 1. The van der Waals surface area contributed by atoms with Crippen molar-refractivity contribution in [3.8, 4) is 5.75 Å². The zero-order chi connectivity index (χ0) is 17.8. The van der Waals surface area contributed by atoms with Crippen molar-refractivity contribution in [2.45, 2.75) is 71.6 Å². The normalized spacial score (nSPS) is 12.1. The summed E-state index contributed by atoms with van der Waals surface area (Å²) in [4.78, 5) is 22.4. The van der Waals surface area contributed by atoms with Gasteiger partial charge in [0.05, 0.1) is 0 Å². The quantitative estimate of drug-likeness (QED) is 0.643. The van der Waals surface area contributed by atoms with Crippen LogP contribution in [0.4, 0.5) is 0 Å². The van der Waals surface area contributed by atoms with Crippen molar-refractivity contribution < 1.29 is 19.4 Å². The van der Waals surface area contributed by atoms with Gasteiger partial charge < -0.3 is 9.84 Å². The third-order valence-electron chi connectivity index (χ3n) is 3.65. The molecule has 0 saturated heterocycles. The average Bonchev–Trinajstić information content (AvgIpc) is 2.35. The monoisotopic (exact) mass is 320 g/mol. The van der Waals surface area contributed by atoms with Crippen molar-refractivity contribution in [1.82, 2.24) is 0 Å². The summed E-state index contributed by atoms with van der Waals surface area (Å²) in [7, 11) is 0. The van der Waals surface area contributed by atoms with E-state index in [2.05, 4.69) is 47.6 Å². The second-order valence-corrected chi connectivity index (χ2v) is 7.93. The number of carbonyl (C=O) groups is 2. The van der Waals surface area contributed by atoms with E-state index in [1.165, 1.54) is 5.56 Å². The first kappa shape index (κ1) is 19.2. The summed E-state index contributed by atoms with van der Waals surface area (Å²) in [5.74, 6) is -0.728. The van der Waals surface area contributed by atoms with Gasteiger partial charge in [0, 0.05) is 18.4 Å². The largest absolute Gasteiger partial charge is 0.481 e. The van der Waals surface area contributed by atoms with Crippen LogP contribution in [0.2, 0.25) is 0 Å². The van der Waals surface area contributed by atoms with Gasteiger partial charge in [-0.25, -0.2) is 0 Å². The molecular formula is C19H28O4. The van der Waals surface area contributed by atoms with Crippen LogP contribution in [-0.2, 0) is 20.4 Å². The molecule has 0 radical (unpaired) electrons. The molecule has 23 heavy (non-hydrogen) atoms. The van der Waals surface area contributed by atoms with Crippen LogP contribution in [0, 0.1) is 0 Å². The Morgan fingerprint density at radius 1 is 1.00 bits per heavy atom. The van der Waals surface area contributed by atoms with E-state index in [-0.39, 0.29) is 29.6 Å². The summed E-state index contributed by atoms with van der Waals surface area (Å²) in [6.07, 6.45) is 0.375. The predicted octanol–water partition coefficient (Wildman–Crippen LogP) is 4.44. The van der Waals surface area contributed by atoms with Gasteiger partial charge >= 0.3 is 11.9 Å². The van der Waals surface area contributed by atoms with E-state index in [0.29, 0.717) is 12.2 Å². The van der Waals surface area contributed by atoms with E-state index in [9.17, 15) is 9.59 Å². The molecule has 0 aliphatic rings. The Morgan fingerprint density at radius 2 is 1.61 bits per heavy atom. The van der Waals surface area contributed by atoms with Gasteiger partial charge in [-0.1, -0.05) is 53.7 Å². The van der Waals surface area contributed by atoms with Gasteiger partial charge in [0.2, 0.25) is 0 Å². The minimum atomic E-state index is -0.900. The minimum absolute atomic E-state index is 0.0179. The molecule has 128 valence electrons. The van der Waals surface area contributed by atoms with Crippen LogP contribution in [0.25, 0.3) is 0 Å². The number of rotatable bonds is 5. The van der Waals surface area contributed by atoms with Crippen molar-refractivity contribution in [2.24, 2.45) is 0 Å². The van der Waals surface area contributed by atoms with Crippen molar-refractivity contribution in [3.05, 3.63) is 29.3 Å². The maximum absolute atomic E-state index is 11.9. The number of hydrogen-bond donors (Lipinski definition) is 1. The molecule has 1 N–H and O–H groups in total. The average molecular weight is 320 g/mol. The van der Waals surface area contributed by atoms with E-state index in [4.69, 9.17) is 9.84 Å². The second-order valence-electron chi connectivity index (χ2n) is 7.93. The fourth-order valence-electron chi connectivity index (χ4n) is 2.23. The summed E-state index contributed by atoms with van der Waals surface area (Å²) < 4.78 is 5.49. The number of hydrogen-bond acceptors (Lipinski definition) is 3. The first-order valence-corrected chi connectivity index (χ1v) is 7.99. The van der Waals surface area contributed by atoms with E-state index in [1.807, 2.05) is 12.1 Å². The van der Waals surface area contributed by atoms with Crippen LogP contribution in [0.3, 0.4) is 0 Å². The minimum Gasteiger partial charge on any atom is -0.481 e. The van der Waals surface area contributed by atoms with Gasteiger partial charge in [-0.05, 0) is 28.9 Å². The number of ether oxygens (including phenoxy) is 1. The molecule has 4 heteroatoms. The first-order valence-electron chi connectivity index (χ1n) is 7.99. The summed E-state index contributed by atoms with van der Waals surface area (Å²) in [6, 6.07) is 5.92. The van der Waals surface area contributed by atoms with Crippen LogP contribution in [-0.4, -0.2) is 17.0 Å². The lowest BCUT2D eigenvalue weighted by molar-refractivity contribution is -0.137. The highest BCUT2D eigenvalue weighted by atomic mass is 16.5. The van der Waals surface area contributed by atoms with Gasteiger partial charge in [-0.3, -0.25) is 9.59 Å². The molecule has 1 rings (SSSR count). The Balaban J connectivity index is 2.98. The van der Waals surface area contributed by atoms with Crippen molar-refractivity contribution in [2.75, 3.05) is 0 Å². The Kier molecular flexibility index (Phi) is 5.98. The fourth-order valence-corrected chi connectivity index (χ4v) is 2.23. The highest BCUT2D eigenvalue weighted by Crippen LogP contribution is 2.35. The lowest BCUT2D eigenvalue weighted by atomic mass is 9.80. The van der Waals surface area contributed by atoms with E-state index < -0.39 is 5.97 Å². The van der Waals surface area contributed by atoms with Crippen LogP contribution < -0.4 is 4.74 Å². The Bertz CT molecular complexity index is 574. The number of carbonyl (C=O) groups excluding carboxylic acids is 1. The Morgan fingerprint density at radius 3 is 2.09 bits per heavy atom. The summed E-state index contributed by atoms with van der Waals surface area (Å²) >= 11 is 0. The van der Waals surface area contributed by atoms with Crippen LogP contribution in [0.15, 0.2) is 18.2 Å². The SMILES string of the molecule is CC(C)(C)c1ccc(OC(=O)CCCC(=O)O)c(C(C)(C)C)c1. The van der Waals surface area contributed by atoms with Crippen molar-refractivity contribution in [3.63, 3.8) is 0 Å². The Hall–Kier alpha value is -1.84. The molecule has 0 atom stereocenters. The molecule has 1 aromatic carbocycles. The number of carboxylic acid groups (broad SMARTS) is 1. The molecule has 0 bridgehead atoms. The number of benzene rings is 1. The third-order valence-corrected chi connectivity index (χ3v) is 3.65. The molecule has 1 aromatic rings. The zero-order valence-corrected chi connectivity index (χ0v) is 15.0. The molecular weight excluding hydrogens is 292 g/mol. The van der Waals surface area contributed by atoms with Gasteiger partial charge in [0.1, 0.15) is 5.75 Å². The third kappa shape index (κ3) is 6.05. The van der Waals surface area contributed by atoms with Gasteiger partial charge in [0.25, 0.3) is 0 Å². The van der Waals surface area contributed by atoms with Gasteiger partial charge in [-0.15, -0.1) is 0 Å². The van der Waals surface area contributed by atoms with E-state index in [1.54, 1.807) is 0 Å². The molecule has 0 aromatic heterocycles. The number of esters is 1. The molecule has 0 fully saturated rings.